The Hall–Kier alpha value is -2.87. The highest BCUT2D eigenvalue weighted by Crippen LogP contribution is 2.40. The smallest absolute Gasteiger partial charge is 0.128 e. The molecule has 0 aliphatic heterocycles. The first-order valence-corrected chi connectivity index (χ1v) is 11.4. The van der Waals surface area contributed by atoms with Crippen LogP contribution in [0.25, 0.3) is 11.1 Å². The highest BCUT2D eigenvalue weighted by Gasteiger charge is 2.28. The van der Waals surface area contributed by atoms with Crippen molar-refractivity contribution in [2.45, 2.75) is 64.8 Å². The zero-order valence-corrected chi connectivity index (χ0v) is 19.3. The van der Waals surface area contributed by atoms with Gasteiger partial charge in [0.15, 0.2) is 0 Å². The molecule has 0 spiro atoms. The minimum absolute atomic E-state index is 0.247. The highest BCUT2D eigenvalue weighted by atomic mass is 16.3. The second-order valence-corrected chi connectivity index (χ2v) is 8.94. The maximum absolute atomic E-state index is 11.3. The summed E-state index contributed by atoms with van der Waals surface area (Å²) in [7, 11) is 0. The lowest BCUT2D eigenvalue weighted by Gasteiger charge is -2.28. The maximum Gasteiger partial charge on any atom is 0.128 e. The number of rotatable bonds is 9. The van der Waals surface area contributed by atoms with Crippen LogP contribution in [0.4, 0.5) is 0 Å². The number of unbranched alkanes of at least 4 members (excludes halogenated alkanes) is 2. The van der Waals surface area contributed by atoms with Crippen LogP contribution < -0.4 is 0 Å². The van der Waals surface area contributed by atoms with Gasteiger partial charge in [-0.05, 0) is 42.2 Å². The molecule has 1 N–H and O–H groups in total. The second kappa shape index (κ2) is 10.4. The van der Waals surface area contributed by atoms with Crippen molar-refractivity contribution in [1.82, 2.24) is 0 Å². The van der Waals surface area contributed by atoms with Crippen molar-refractivity contribution in [2.24, 2.45) is 4.99 Å². The molecule has 0 aliphatic rings. The normalized spacial score (nSPS) is 12.9. The molecule has 0 heterocycles. The Morgan fingerprint density at radius 2 is 1.55 bits per heavy atom. The van der Waals surface area contributed by atoms with Crippen LogP contribution >= 0.6 is 0 Å². The van der Waals surface area contributed by atoms with Gasteiger partial charge in [-0.2, -0.15) is 0 Å². The Morgan fingerprint density at radius 3 is 2.19 bits per heavy atom. The summed E-state index contributed by atoms with van der Waals surface area (Å²) in [5.41, 5.74) is 4.76. The van der Waals surface area contributed by atoms with E-state index in [9.17, 15) is 5.11 Å². The van der Waals surface area contributed by atoms with Gasteiger partial charge in [-0.25, -0.2) is 0 Å². The number of aliphatic imine (C=N–C) groups is 1. The van der Waals surface area contributed by atoms with Gasteiger partial charge < -0.3 is 5.11 Å². The van der Waals surface area contributed by atoms with Gasteiger partial charge in [0.05, 0.1) is 0 Å². The molecule has 3 aromatic rings. The van der Waals surface area contributed by atoms with Crippen LogP contribution in [0, 0.1) is 0 Å². The monoisotopic (exact) mass is 413 g/mol. The van der Waals surface area contributed by atoms with Crippen LogP contribution in [0.2, 0.25) is 0 Å². The summed E-state index contributed by atoms with van der Waals surface area (Å²) in [4.78, 5) is 4.77. The Bertz CT molecular complexity index is 990. The predicted molar refractivity (Wildman–Crippen MR) is 133 cm³/mol. The lowest BCUT2D eigenvalue weighted by Crippen LogP contribution is -2.19. The van der Waals surface area contributed by atoms with Gasteiger partial charge >= 0.3 is 0 Å². The SMILES string of the molecule is CCCCCC(C)N=Cc1cc(-c2ccccc2)cc(C(C)(C)c2ccccc2)c1O. The zero-order chi connectivity index (χ0) is 22.3. The van der Waals surface area contributed by atoms with Gasteiger partial charge in [0, 0.05) is 28.8 Å². The molecule has 0 amide bonds. The fourth-order valence-electron chi connectivity index (χ4n) is 4.01. The van der Waals surface area contributed by atoms with Crippen molar-refractivity contribution in [3.05, 3.63) is 89.5 Å². The Balaban J connectivity index is 2.05. The Labute approximate surface area is 187 Å². The van der Waals surface area contributed by atoms with E-state index in [1.54, 1.807) is 0 Å². The van der Waals surface area contributed by atoms with E-state index in [0.29, 0.717) is 5.75 Å². The standard InChI is InChI=1S/C29H35NO/c1-5-6-9-14-22(2)30-21-25-19-24(23-15-10-7-11-16-23)20-27(28(25)31)29(3,4)26-17-12-8-13-18-26/h7-8,10-13,15-22,31H,5-6,9,14H2,1-4H3. The summed E-state index contributed by atoms with van der Waals surface area (Å²) in [6, 6.07) is 25.1. The van der Waals surface area contributed by atoms with Crippen molar-refractivity contribution in [2.75, 3.05) is 0 Å². The molecule has 2 heteroatoms. The summed E-state index contributed by atoms with van der Waals surface area (Å²) in [6.45, 7) is 8.71. The maximum atomic E-state index is 11.3. The average molecular weight is 414 g/mol. The van der Waals surface area contributed by atoms with Gasteiger partial charge in [0.25, 0.3) is 0 Å². The summed E-state index contributed by atoms with van der Waals surface area (Å²) in [6.07, 6.45) is 6.59. The number of phenols is 1. The number of nitrogens with zero attached hydrogens (tertiary/aromatic N) is 1. The first kappa shape index (κ1) is 22.8. The van der Waals surface area contributed by atoms with Crippen LogP contribution in [0.3, 0.4) is 0 Å². The first-order valence-electron chi connectivity index (χ1n) is 11.4. The average Bonchev–Trinajstić information content (AvgIpc) is 2.79. The molecule has 0 aliphatic carbocycles. The number of benzene rings is 3. The molecule has 162 valence electrons. The van der Waals surface area contributed by atoms with E-state index >= 15 is 0 Å². The summed E-state index contributed by atoms with van der Waals surface area (Å²) in [5, 5.41) is 11.3. The Morgan fingerprint density at radius 1 is 0.903 bits per heavy atom. The molecular formula is C29H35NO. The minimum atomic E-state index is -0.342. The fourth-order valence-corrected chi connectivity index (χ4v) is 4.01. The molecular weight excluding hydrogens is 378 g/mol. The quantitative estimate of drug-likeness (QED) is 0.282. The van der Waals surface area contributed by atoms with Gasteiger partial charge in [-0.3, -0.25) is 4.99 Å². The van der Waals surface area contributed by atoms with Crippen molar-refractivity contribution in [1.29, 1.82) is 0 Å². The third-order valence-corrected chi connectivity index (χ3v) is 6.11. The molecule has 0 radical (unpaired) electrons. The van der Waals surface area contributed by atoms with Crippen molar-refractivity contribution < 1.29 is 5.11 Å². The molecule has 1 unspecified atom stereocenters. The van der Waals surface area contributed by atoms with Gasteiger partial charge in [0.2, 0.25) is 0 Å². The number of aromatic hydroxyl groups is 1. The van der Waals surface area contributed by atoms with Crippen molar-refractivity contribution in [3.8, 4) is 16.9 Å². The molecule has 31 heavy (non-hydrogen) atoms. The third-order valence-electron chi connectivity index (χ3n) is 6.11. The molecule has 3 rings (SSSR count). The van der Waals surface area contributed by atoms with E-state index in [1.807, 2.05) is 30.5 Å². The molecule has 1 atom stereocenters. The zero-order valence-electron chi connectivity index (χ0n) is 19.3. The Kier molecular flexibility index (Phi) is 7.68. The second-order valence-electron chi connectivity index (χ2n) is 8.94. The summed E-state index contributed by atoms with van der Waals surface area (Å²) >= 11 is 0. The number of hydrogen-bond donors (Lipinski definition) is 1. The highest BCUT2D eigenvalue weighted by molar-refractivity contribution is 5.88. The number of phenolic OH excluding ortho intramolecular Hbond substituents is 1. The van der Waals surface area contributed by atoms with Crippen LogP contribution in [0.5, 0.6) is 5.75 Å². The summed E-state index contributed by atoms with van der Waals surface area (Å²) < 4.78 is 0. The molecule has 0 saturated carbocycles. The third kappa shape index (κ3) is 5.64. The van der Waals surface area contributed by atoms with Crippen LogP contribution in [-0.2, 0) is 5.41 Å². The largest absolute Gasteiger partial charge is 0.507 e. The molecule has 0 saturated heterocycles. The van der Waals surface area contributed by atoms with E-state index in [2.05, 4.69) is 76.2 Å². The fraction of sp³-hybridized carbons (Fsp3) is 0.345. The lowest BCUT2D eigenvalue weighted by atomic mass is 9.76. The van der Waals surface area contributed by atoms with E-state index in [1.165, 1.54) is 24.8 Å². The van der Waals surface area contributed by atoms with Gasteiger partial charge in [-0.1, -0.05) is 101 Å². The van der Waals surface area contributed by atoms with Gasteiger partial charge in [-0.15, -0.1) is 0 Å². The molecule has 2 nitrogen and oxygen atoms in total. The van der Waals surface area contributed by atoms with Crippen molar-refractivity contribution >= 4 is 6.21 Å². The lowest BCUT2D eigenvalue weighted by molar-refractivity contribution is 0.452. The molecule has 0 aromatic heterocycles. The van der Waals surface area contributed by atoms with E-state index in [0.717, 1.165) is 28.7 Å². The topological polar surface area (TPSA) is 32.6 Å². The molecule has 0 fully saturated rings. The predicted octanol–water partition coefficient (Wildman–Crippen LogP) is 7.77. The summed E-state index contributed by atoms with van der Waals surface area (Å²) in [5.74, 6) is 0.318. The van der Waals surface area contributed by atoms with E-state index < -0.39 is 0 Å². The van der Waals surface area contributed by atoms with Crippen LogP contribution in [-0.4, -0.2) is 17.4 Å². The van der Waals surface area contributed by atoms with Crippen LogP contribution in [0.1, 0.15) is 70.1 Å². The van der Waals surface area contributed by atoms with Crippen LogP contribution in [0.15, 0.2) is 77.8 Å². The minimum Gasteiger partial charge on any atom is -0.507 e. The number of hydrogen-bond acceptors (Lipinski definition) is 2. The van der Waals surface area contributed by atoms with Gasteiger partial charge in [0.1, 0.15) is 5.75 Å². The van der Waals surface area contributed by atoms with E-state index in [-0.39, 0.29) is 11.5 Å². The molecule has 3 aromatic carbocycles. The first-order chi connectivity index (χ1) is 14.9. The van der Waals surface area contributed by atoms with E-state index in [4.69, 9.17) is 4.99 Å². The van der Waals surface area contributed by atoms with Crippen molar-refractivity contribution in [3.63, 3.8) is 0 Å². The molecule has 0 bridgehead atoms.